The van der Waals surface area contributed by atoms with Gasteiger partial charge in [-0.25, -0.2) is 4.79 Å². The Morgan fingerprint density at radius 3 is 2.85 bits per heavy atom. The zero-order valence-corrected chi connectivity index (χ0v) is 10.6. The first-order valence-corrected chi connectivity index (χ1v) is 6.05. The van der Waals surface area contributed by atoms with Gasteiger partial charge in [-0.15, -0.1) is 0 Å². The lowest BCUT2D eigenvalue weighted by Crippen LogP contribution is -2.01. The predicted molar refractivity (Wildman–Crippen MR) is 69.8 cm³/mol. The maximum absolute atomic E-state index is 11.1. The minimum Gasteiger partial charge on any atom is -0.476 e. The number of hydrogen-bond acceptors (Lipinski definition) is 5. The van der Waals surface area contributed by atoms with Crippen LogP contribution < -0.4 is 4.74 Å². The summed E-state index contributed by atoms with van der Waals surface area (Å²) < 4.78 is 16.0. The van der Waals surface area contributed by atoms with E-state index in [-0.39, 0.29) is 24.1 Å². The van der Waals surface area contributed by atoms with E-state index in [0.29, 0.717) is 11.3 Å². The fourth-order valence-electron chi connectivity index (χ4n) is 1.86. The molecule has 102 valence electrons. The van der Waals surface area contributed by atoms with E-state index in [1.54, 1.807) is 13.0 Å². The molecule has 0 atom stereocenters. The van der Waals surface area contributed by atoms with Crippen molar-refractivity contribution in [2.75, 3.05) is 6.61 Å². The monoisotopic (exact) mass is 273 g/mol. The summed E-state index contributed by atoms with van der Waals surface area (Å²) >= 11 is 0. The van der Waals surface area contributed by atoms with Crippen LogP contribution in [0.5, 0.6) is 5.95 Å². The number of oxazole rings is 1. The zero-order chi connectivity index (χ0) is 14.1. The SMILES string of the molecule is CCOc1oc(-c2cc3ccccc3o2)nc1C(=O)O. The zero-order valence-electron chi connectivity index (χ0n) is 10.6. The van der Waals surface area contributed by atoms with Crippen molar-refractivity contribution in [3.8, 4) is 17.6 Å². The molecule has 0 saturated heterocycles. The first-order chi connectivity index (χ1) is 9.69. The highest BCUT2D eigenvalue weighted by molar-refractivity contribution is 5.88. The number of rotatable bonds is 4. The predicted octanol–water partition coefficient (Wildman–Crippen LogP) is 3.18. The highest BCUT2D eigenvalue weighted by Crippen LogP contribution is 2.31. The van der Waals surface area contributed by atoms with E-state index in [0.717, 1.165) is 5.39 Å². The average molecular weight is 273 g/mol. The molecule has 0 spiro atoms. The molecule has 0 bridgehead atoms. The van der Waals surface area contributed by atoms with Crippen molar-refractivity contribution in [1.29, 1.82) is 0 Å². The van der Waals surface area contributed by atoms with Crippen LogP contribution in [0.1, 0.15) is 17.4 Å². The number of nitrogens with zero attached hydrogens (tertiary/aromatic N) is 1. The molecular formula is C14H11NO5. The van der Waals surface area contributed by atoms with Crippen molar-refractivity contribution in [3.05, 3.63) is 36.0 Å². The quantitative estimate of drug-likeness (QED) is 0.785. The van der Waals surface area contributed by atoms with Gasteiger partial charge in [0.1, 0.15) is 5.58 Å². The van der Waals surface area contributed by atoms with Crippen molar-refractivity contribution < 1.29 is 23.5 Å². The molecule has 6 heteroatoms. The summed E-state index contributed by atoms with van der Waals surface area (Å²) in [6.07, 6.45) is 0. The van der Waals surface area contributed by atoms with E-state index >= 15 is 0 Å². The smallest absolute Gasteiger partial charge is 0.362 e. The molecule has 0 fully saturated rings. The molecule has 0 aliphatic heterocycles. The van der Waals surface area contributed by atoms with Crippen LogP contribution in [0.3, 0.4) is 0 Å². The number of carboxylic acids is 1. The van der Waals surface area contributed by atoms with Gasteiger partial charge in [0.25, 0.3) is 5.89 Å². The molecule has 0 aliphatic rings. The van der Waals surface area contributed by atoms with Crippen LogP contribution in [-0.4, -0.2) is 22.7 Å². The Hall–Kier alpha value is -2.76. The van der Waals surface area contributed by atoms with Gasteiger partial charge in [-0.3, -0.25) is 0 Å². The lowest BCUT2D eigenvalue weighted by Gasteiger charge is -1.96. The van der Waals surface area contributed by atoms with Crippen LogP contribution in [0, 0.1) is 0 Å². The van der Waals surface area contributed by atoms with Crippen LogP contribution in [-0.2, 0) is 0 Å². The van der Waals surface area contributed by atoms with Crippen LogP contribution in [0.15, 0.2) is 39.2 Å². The molecule has 0 aliphatic carbocycles. The second-order valence-corrected chi connectivity index (χ2v) is 4.04. The number of benzene rings is 1. The molecule has 6 nitrogen and oxygen atoms in total. The van der Waals surface area contributed by atoms with E-state index in [2.05, 4.69) is 4.98 Å². The van der Waals surface area contributed by atoms with Gasteiger partial charge >= 0.3 is 11.9 Å². The normalized spacial score (nSPS) is 10.8. The van der Waals surface area contributed by atoms with Crippen LogP contribution in [0.25, 0.3) is 22.6 Å². The van der Waals surface area contributed by atoms with Gasteiger partial charge in [0, 0.05) is 5.39 Å². The number of fused-ring (bicyclic) bond motifs is 1. The van der Waals surface area contributed by atoms with Gasteiger partial charge in [0.15, 0.2) is 5.76 Å². The number of aromatic nitrogens is 1. The topological polar surface area (TPSA) is 85.7 Å². The molecule has 0 saturated carbocycles. The third-order valence-electron chi connectivity index (χ3n) is 2.71. The number of furan rings is 1. The van der Waals surface area contributed by atoms with Gasteiger partial charge in [-0.2, -0.15) is 4.98 Å². The summed E-state index contributed by atoms with van der Waals surface area (Å²) in [5.41, 5.74) is 0.415. The Labute approximate surface area is 113 Å². The van der Waals surface area contributed by atoms with E-state index < -0.39 is 5.97 Å². The lowest BCUT2D eigenvalue weighted by molar-refractivity contribution is 0.0683. The summed E-state index contributed by atoms with van der Waals surface area (Å²) in [5, 5.41) is 9.94. The van der Waals surface area contributed by atoms with Crippen molar-refractivity contribution in [1.82, 2.24) is 4.98 Å². The summed E-state index contributed by atoms with van der Waals surface area (Å²) in [5.74, 6) is -0.878. The summed E-state index contributed by atoms with van der Waals surface area (Å²) in [4.78, 5) is 15.0. The summed E-state index contributed by atoms with van der Waals surface area (Å²) in [6, 6.07) is 9.16. The summed E-state index contributed by atoms with van der Waals surface area (Å²) in [7, 11) is 0. The van der Waals surface area contributed by atoms with Gasteiger partial charge in [0.2, 0.25) is 5.69 Å². The van der Waals surface area contributed by atoms with E-state index in [4.69, 9.17) is 18.7 Å². The standard InChI is InChI=1S/C14H11NO5/c1-2-18-14-11(13(16)17)15-12(20-14)10-7-8-5-3-4-6-9(8)19-10/h3-7H,2H2,1H3,(H,16,17). The molecule has 0 amide bonds. The Morgan fingerprint density at radius 1 is 1.35 bits per heavy atom. The molecule has 2 aromatic heterocycles. The third-order valence-corrected chi connectivity index (χ3v) is 2.71. The van der Waals surface area contributed by atoms with Crippen LogP contribution in [0.4, 0.5) is 0 Å². The number of carbonyl (C=O) groups is 1. The van der Waals surface area contributed by atoms with Crippen molar-refractivity contribution in [2.24, 2.45) is 0 Å². The fourth-order valence-corrected chi connectivity index (χ4v) is 1.86. The van der Waals surface area contributed by atoms with E-state index in [1.165, 1.54) is 0 Å². The minimum absolute atomic E-state index is 0.0852. The Morgan fingerprint density at radius 2 is 2.15 bits per heavy atom. The molecule has 3 aromatic rings. The summed E-state index contributed by atoms with van der Waals surface area (Å²) in [6.45, 7) is 2.02. The average Bonchev–Trinajstić information content (AvgIpc) is 3.02. The maximum atomic E-state index is 11.1. The molecule has 1 N–H and O–H groups in total. The molecule has 1 aromatic carbocycles. The molecule has 0 unspecified atom stereocenters. The molecule has 0 radical (unpaired) electrons. The van der Waals surface area contributed by atoms with E-state index in [1.807, 2.05) is 24.3 Å². The first kappa shape index (κ1) is 12.3. The third kappa shape index (κ3) is 2.01. The number of hydrogen-bond donors (Lipinski definition) is 1. The molecule has 2 heterocycles. The van der Waals surface area contributed by atoms with E-state index in [9.17, 15) is 4.79 Å². The number of aromatic carboxylic acids is 1. The second-order valence-electron chi connectivity index (χ2n) is 4.04. The van der Waals surface area contributed by atoms with Gasteiger partial charge in [-0.05, 0) is 19.1 Å². The highest BCUT2D eigenvalue weighted by atomic mass is 16.6. The Balaban J connectivity index is 2.09. The van der Waals surface area contributed by atoms with Crippen LogP contribution in [0.2, 0.25) is 0 Å². The van der Waals surface area contributed by atoms with Crippen molar-refractivity contribution in [2.45, 2.75) is 6.92 Å². The minimum atomic E-state index is -1.21. The molecule has 3 rings (SSSR count). The number of carboxylic acid groups (broad SMARTS) is 1. The lowest BCUT2D eigenvalue weighted by atomic mass is 10.2. The second kappa shape index (κ2) is 4.73. The first-order valence-electron chi connectivity index (χ1n) is 6.05. The maximum Gasteiger partial charge on any atom is 0.362 e. The van der Waals surface area contributed by atoms with Crippen molar-refractivity contribution >= 4 is 16.9 Å². The highest BCUT2D eigenvalue weighted by Gasteiger charge is 2.23. The van der Waals surface area contributed by atoms with Gasteiger partial charge < -0.3 is 18.7 Å². The molecule has 20 heavy (non-hydrogen) atoms. The Kier molecular flexibility index (Phi) is 2.90. The molecular weight excluding hydrogens is 262 g/mol. The number of para-hydroxylation sites is 1. The Bertz CT molecular complexity index is 738. The number of ether oxygens (including phenoxy) is 1. The van der Waals surface area contributed by atoms with Gasteiger partial charge in [0.05, 0.1) is 6.61 Å². The van der Waals surface area contributed by atoms with Crippen LogP contribution >= 0.6 is 0 Å². The fraction of sp³-hybridized carbons (Fsp3) is 0.143. The largest absolute Gasteiger partial charge is 0.476 e. The van der Waals surface area contributed by atoms with Crippen molar-refractivity contribution in [3.63, 3.8) is 0 Å². The van der Waals surface area contributed by atoms with Gasteiger partial charge in [-0.1, -0.05) is 18.2 Å².